The molecule has 30 heavy (non-hydrogen) atoms. The SMILES string of the molecule is O=c1[nH]c(=O)c2ccc3c4c(ccc1c24)nc1c2cccc4cccc(c(=O)n31)c42. The molecule has 7 rings (SSSR count). The molecule has 0 bridgehead atoms. The molecule has 0 spiro atoms. The highest BCUT2D eigenvalue weighted by Gasteiger charge is 2.19. The van der Waals surface area contributed by atoms with Crippen LogP contribution in [0, 0.1) is 0 Å². The molecule has 4 aromatic carbocycles. The predicted molar refractivity (Wildman–Crippen MR) is 118 cm³/mol. The van der Waals surface area contributed by atoms with Gasteiger partial charge in [0, 0.05) is 37.7 Å². The van der Waals surface area contributed by atoms with E-state index in [9.17, 15) is 14.4 Å². The van der Waals surface area contributed by atoms with Crippen LogP contribution in [0.1, 0.15) is 0 Å². The second kappa shape index (κ2) is 4.99. The van der Waals surface area contributed by atoms with Gasteiger partial charge in [-0.15, -0.1) is 0 Å². The zero-order valence-electron chi connectivity index (χ0n) is 15.4. The van der Waals surface area contributed by atoms with Crippen LogP contribution < -0.4 is 16.7 Å². The first-order valence-electron chi connectivity index (χ1n) is 9.54. The molecule has 0 aliphatic carbocycles. The van der Waals surface area contributed by atoms with E-state index in [1.165, 1.54) is 0 Å². The van der Waals surface area contributed by atoms with Gasteiger partial charge in [0.2, 0.25) is 0 Å². The minimum Gasteiger partial charge on any atom is -0.288 e. The molecule has 0 saturated carbocycles. The highest BCUT2D eigenvalue weighted by Crippen LogP contribution is 2.34. The quantitative estimate of drug-likeness (QED) is 0.318. The molecule has 0 amide bonds. The molecule has 0 radical (unpaired) electrons. The summed E-state index contributed by atoms with van der Waals surface area (Å²) >= 11 is 0. The van der Waals surface area contributed by atoms with E-state index >= 15 is 0 Å². The monoisotopic (exact) mass is 389 g/mol. The van der Waals surface area contributed by atoms with E-state index in [-0.39, 0.29) is 5.56 Å². The predicted octanol–water partition coefficient (Wildman–Crippen LogP) is 3.38. The summed E-state index contributed by atoms with van der Waals surface area (Å²) in [5, 5.41) is 5.40. The van der Waals surface area contributed by atoms with E-state index in [4.69, 9.17) is 4.98 Å². The van der Waals surface area contributed by atoms with E-state index in [0.717, 1.165) is 16.2 Å². The standard InChI is InChI=1S/C24H11N3O3/c28-22-13-7-9-16-20-17(10-8-14(19(13)20)23(29)26-22)27-21(25-16)12-5-1-3-11-4-2-6-15(18(11)12)24(27)30/h1-10H,(H,26,28,29). The third kappa shape index (κ3) is 1.66. The van der Waals surface area contributed by atoms with Crippen molar-refractivity contribution in [3.8, 4) is 0 Å². The first-order chi connectivity index (χ1) is 14.6. The summed E-state index contributed by atoms with van der Waals surface area (Å²) in [6, 6.07) is 18.5. The molecule has 6 nitrogen and oxygen atoms in total. The number of aromatic amines is 1. The third-order valence-corrected chi connectivity index (χ3v) is 6.09. The minimum atomic E-state index is -0.439. The van der Waals surface area contributed by atoms with Gasteiger partial charge in [-0.1, -0.05) is 30.3 Å². The number of aromatic nitrogens is 3. The van der Waals surface area contributed by atoms with E-state index in [1.807, 2.05) is 36.4 Å². The molecule has 0 aliphatic rings. The smallest absolute Gasteiger partial charge is 0.264 e. The topological polar surface area (TPSA) is 84.3 Å². The van der Waals surface area contributed by atoms with Crippen LogP contribution in [0.25, 0.3) is 59.8 Å². The summed E-state index contributed by atoms with van der Waals surface area (Å²) in [6.45, 7) is 0. The van der Waals surface area contributed by atoms with Crippen molar-refractivity contribution in [2.45, 2.75) is 0 Å². The van der Waals surface area contributed by atoms with E-state index in [0.29, 0.717) is 43.6 Å². The molecule has 3 heterocycles. The third-order valence-electron chi connectivity index (χ3n) is 6.09. The second-order valence-electron chi connectivity index (χ2n) is 7.58. The number of pyridine rings is 2. The lowest BCUT2D eigenvalue weighted by molar-refractivity contribution is 1.15. The van der Waals surface area contributed by atoms with Crippen molar-refractivity contribution in [3.63, 3.8) is 0 Å². The van der Waals surface area contributed by atoms with Gasteiger partial charge in [0.05, 0.1) is 11.0 Å². The van der Waals surface area contributed by atoms with Crippen molar-refractivity contribution in [1.82, 2.24) is 14.4 Å². The van der Waals surface area contributed by atoms with Crippen LogP contribution in [0.2, 0.25) is 0 Å². The fourth-order valence-corrected chi connectivity index (χ4v) is 4.85. The molecule has 0 aliphatic heterocycles. The van der Waals surface area contributed by atoms with Gasteiger partial charge in [-0.25, -0.2) is 4.98 Å². The number of H-pyrrole nitrogens is 1. The van der Waals surface area contributed by atoms with Crippen LogP contribution in [-0.2, 0) is 0 Å². The Balaban J connectivity index is 1.91. The van der Waals surface area contributed by atoms with E-state index < -0.39 is 11.1 Å². The van der Waals surface area contributed by atoms with E-state index in [2.05, 4.69) is 4.98 Å². The Bertz CT molecular complexity index is 1980. The van der Waals surface area contributed by atoms with Crippen LogP contribution in [-0.4, -0.2) is 14.4 Å². The van der Waals surface area contributed by atoms with Gasteiger partial charge >= 0.3 is 0 Å². The molecule has 3 aromatic heterocycles. The summed E-state index contributed by atoms with van der Waals surface area (Å²) in [5.41, 5.74) is 0.790. The van der Waals surface area contributed by atoms with Gasteiger partial charge < -0.3 is 0 Å². The molecule has 140 valence electrons. The summed E-state index contributed by atoms with van der Waals surface area (Å²) in [4.78, 5) is 45.6. The molecule has 0 saturated heterocycles. The van der Waals surface area contributed by atoms with Gasteiger partial charge in [0.25, 0.3) is 16.7 Å². The Morgan fingerprint density at radius 3 is 2.13 bits per heavy atom. The molecule has 1 N–H and O–H groups in total. The normalized spacial score (nSPS) is 12.4. The van der Waals surface area contributed by atoms with Crippen molar-refractivity contribution in [2.24, 2.45) is 0 Å². The average Bonchev–Trinajstić information content (AvgIpc) is 2.76. The Kier molecular flexibility index (Phi) is 2.59. The first-order valence-corrected chi connectivity index (χ1v) is 9.54. The van der Waals surface area contributed by atoms with Crippen LogP contribution in [0.15, 0.2) is 75.0 Å². The number of benzene rings is 4. The van der Waals surface area contributed by atoms with Gasteiger partial charge in [0.1, 0.15) is 5.65 Å². The fraction of sp³-hybridized carbons (Fsp3) is 0. The van der Waals surface area contributed by atoms with Gasteiger partial charge in [-0.2, -0.15) is 0 Å². The Hall–Kier alpha value is -4.32. The van der Waals surface area contributed by atoms with Crippen molar-refractivity contribution >= 4 is 59.8 Å². The summed E-state index contributed by atoms with van der Waals surface area (Å²) in [6.07, 6.45) is 0. The molecular formula is C24H11N3O3. The van der Waals surface area contributed by atoms with Crippen LogP contribution in [0.5, 0.6) is 0 Å². The van der Waals surface area contributed by atoms with Gasteiger partial charge in [-0.3, -0.25) is 23.8 Å². The highest BCUT2D eigenvalue weighted by molar-refractivity contribution is 6.23. The maximum absolute atomic E-state index is 13.6. The van der Waals surface area contributed by atoms with Crippen LogP contribution >= 0.6 is 0 Å². The number of nitrogens with zero attached hydrogens (tertiary/aromatic N) is 2. The van der Waals surface area contributed by atoms with E-state index in [1.54, 1.807) is 28.7 Å². The zero-order valence-corrected chi connectivity index (χ0v) is 15.4. The fourth-order valence-electron chi connectivity index (χ4n) is 4.85. The maximum Gasteiger partial charge on any atom is 0.264 e. The van der Waals surface area contributed by atoms with Crippen molar-refractivity contribution in [1.29, 1.82) is 0 Å². The van der Waals surface area contributed by atoms with Gasteiger partial charge in [-0.05, 0) is 35.7 Å². The molecular weight excluding hydrogens is 378 g/mol. The lowest BCUT2D eigenvalue weighted by Gasteiger charge is -2.15. The van der Waals surface area contributed by atoms with Crippen molar-refractivity contribution in [2.75, 3.05) is 0 Å². The van der Waals surface area contributed by atoms with Crippen molar-refractivity contribution in [3.05, 3.63) is 91.7 Å². The number of fused-ring (bicyclic) bond motifs is 3. The Labute approximate surface area is 166 Å². The van der Waals surface area contributed by atoms with Gasteiger partial charge in [0.15, 0.2) is 0 Å². The van der Waals surface area contributed by atoms with Crippen LogP contribution in [0.3, 0.4) is 0 Å². The minimum absolute atomic E-state index is 0.170. The number of rotatable bonds is 0. The van der Waals surface area contributed by atoms with Crippen LogP contribution in [0.4, 0.5) is 0 Å². The molecule has 7 aromatic rings. The second-order valence-corrected chi connectivity index (χ2v) is 7.58. The Morgan fingerprint density at radius 1 is 0.667 bits per heavy atom. The number of hydrogen-bond acceptors (Lipinski definition) is 4. The molecule has 0 fully saturated rings. The molecule has 0 atom stereocenters. The average molecular weight is 389 g/mol. The summed E-state index contributed by atoms with van der Waals surface area (Å²) in [7, 11) is 0. The summed E-state index contributed by atoms with van der Waals surface area (Å²) < 4.78 is 1.60. The molecule has 6 heteroatoms. The molecule has 0 unspecified atom stereocenters. The maximum atomic E-state index is 13.6. The number of nitrogens with one attached hydrogen (secondary N) is 1. The zero-order chi connectivity index (χ0) is 20.1. The lowest BCUT2D eigenvalue weighted by atomic mass is 9.99. The Morgan fingerprint density at radius 2 is 1.37 bits per heavy atom. The highest BCUT2D eigenvalue weighted by atomic mass is 16.2. The summed E-state index contributed by atoms with van der Waals surface area (Å²) in [5.74, 6) is 0. The lowest BCUT2D eigenvalue weighted by Crippen LogP contribution is -2.21. The van der Waals surface area contributed by atoms with Crippen molar-refractivity contribution < 1.29 is 0 Å². The number of hydrogen-bond donors (Lipinski definition) is 1. The largest absolute Gasteiger partial charge is 0.288 e. The first kappa shape index (κ1) is 15.6.